The average molecular weight is 627 g/mol. The van der Waals surface area contributed by atoms with Crippen molar-refractivity contribution < 1.29 is 60.9 Å². The Bertz CT molecular complexity index is 909. The highest BCUT2D eigenvalue weighted by molar-refractivity contribution is 8.13. The van der Waals surface area contributed by atoms with Gasteiger partial charge in [-0.15, -0.1) is 0 Å². The lowest BCUT2D eigenvalue weighted by atomic mass is 10.2. The van der Waals surface area contributed by atoms with Gasteiger partial charge in [0.05, 0.1) is 36.9 Å². The predicted octanol–water partition coefficient (Wildman–Crippen LogP) is 5.21. The van der Waals surface area contributed by atoms with Gasteiger partial charge in [-0.3, -0.25) is 0 Å². The van der Waals surface area contributed by atoms with Crippen molar-refractivity contribution in [2.75, 3.05) is 26.3 Å². The Labute approximate surface area is 223 Å². The number of hydrogen-bond donors (Lipinski definition) is 0. The van der Waals surface area contributed by atoms with Gasteiger partial charge in [0.25, 0.3) is 0 Å². The molecule has 1 fully saturated rings. The largest absolute Gasteiger partial charge is 0.560 e. The van der Waals surface area contributed by atoms with Gasteiger partial charge in [-0.05, 0) is 62.3 Å². The van der Waals surface area contributed by atoms with Crippen molar-refractivity contribution in [3.8, 4) is 0 Å². The maximum atomic E-state index is 11.4. The second-order valence-electron chi connectivity index (χ2n) is 12.2. The van der Waals surface area contributed by atoms with E-state index in [0.717, 1.165) is 14.8 Å². The second-order valence-corrected chi connectivity index (χ2v) is 17.9. The quantitative estimate of drug-likeness (QED) is 0.217. The Morgan fingerprint density at radius 3 is 1.13 bits per heavy atom. The summed E-state index contributed by atoms with van der Waals surface area (Å²) < 4.78 is 130. The molecule has 230 valence electrons. The van der Waals surface area contributed by atoms with E-state index in [-0.39, 0.29) is 16.8 Å². The molecule has 0 aliphatic carbocycles. The molecule has 1 aliphatic rings. The molecule has 0 saturated carbocycles. The zero-order valence-corrected chi connectivity index (χ0v) is 26.0. The molecule has 1 saturated heterocycles. The lowest BCUT2D eigenvalue weighted by Gasteiger charge is -2.45. The molecular weight excluding hydrogens is 586 g/mol. The zero-order chi connectivity index (χ0) is 30.9. The normalized spacial score (nSPS) is 18.2. The van der Waals surface area contributed by atoms with E-state index in [2.05, 4.69) is 69.4 Å². The molecule has 0 atom stereocenters. The summed E-state index contributed by atoms with van der Waals surface area (Å²) >= 11 is 0. The molecule has 0 radical (unpaired) electrons. The number of quaternary nitrogens is 1. The SMILES string of the molecule is CC(C)(C)O[Si](C[N+]1(C)CCCC1)(OC(C)(C)C)OC(C)(C)C.O=S(=O)([N-]S(=O)(=O)C(F)(F)F)C(F)(F)F. The van der Waals surface area contributed by atoms with Gasteiger partial charge >= 0.3 is 19.8 Å². The summed E-state index contributed by atoms with van der Waals surface area (Å²) in [5, 5.41) is 0. The summed E-state index contributed by atoms with van der Waals surface area (Å²) in [6.07, 6.45) is 3.40. The van der Waals surface area contributed by atoms with E-state index in [1.807, 2.05) is 0 Å². The van der Waals surface area contributed by atoms with E-state index in [1.165, 1.54) is 25.9 Å². The molecule has 1 heterocycles. The van der Waals surface area contributed by atoms with Crippen molar-refractivity contribution >= 4 is 28.9 Å². The summed E-state index contributed by atoms with van der Waals surface area (Å²) in [6, 6.07) is 0. The number of nitrogens with zero attached hydrogens (tertiary/aromatic N) is 2. The van der Waals surface area contributed by atoms with Gasteiger partial charge in [-0.1, -0.05) is 0 Å². The number of sulfonamides is 2. The van der Waals surface area contributed by atoms with Gasteiger partial charge in [0.1, 0.15) is 6.17 Å². The Morgan fingerprint density at radius 2 is 0.921 bits per heavy atom. The first kappa shape index (κ1) is 37.5. The van der Waals surface area contributed by atoms with Crippen LogP contribution in [0.25, 0.3) is 4.13 Å². The summed E-state index contributed by atoms with van der Waals surface area (Å²) in [4.78, 5) is 0. The fraction of sp³-hybridized carbons (Fsp3) is 1.00. The number of alkyl halides is 6. The van der Waals surface area contributed by atoms with Gasteiger partial charge in [-0.2, -0.15) is 26.3 Å². The molecule has 0 bridgehead atoms. The van der Waals surface area contributed by atoms with Gasteiger partial charge in [0.15, 0.2) is 20.0 Å². The van der Waals surface area contributed by atoms with Crippen LogP contribution in [0.1, 0.15) is 75.2 Å². The summed E-state index contributed by atoms with van der Waals surface area (Å²) in [7, 11) is -14.0. The van der Waals surface area contributed by atoms with Crippen LogP contribution >= 0.6 is 0 Å². The molecule has 1 rings (SSSR count). The van der Waals surface area contributed by atoms with E-state index >= 15 is 0 Å². The van der Waals surface area contributed by atoms with Crippen molar-refractivity contribution in [2.24, 2.45) is 0 Å². The standard InChI is InChI=1S/C18H40NO3Si.C2F6NO4S2/c1-16(2,3)20-23(21-17(4,5)6,22-18(7,8)9)15-19(10)13-11-12-14-19;3-1(4,5)14(10,11)9-15(12,13)2(6,7)8/h11-15H2,1-10H3;/q+1;-1. The molecule has 9 nitrogen and oxygen atoms in total. The van der Waals surface area contributed by atoms with Crippen LogP contribution in [-0.4, -0.2) is 84.2 Å². The second kappa shape index (κ2) is 11.8. The third kappa shape index (κ3) is 13.2. The molecule has 18 heteroatoms. The first-order chi connectivity index (χ1) is 16.2. The fourth-order valence-electron chi connectivity index (χ4n) is 3.50. The Hall–Kier alpha value is -0.503. The molecule has 0 N–H and O–H groups in total. The molecule has 1 aliphatic heterocycles. The van der Waals surface area contributed by atoms with Crippen LogP contribution in [0.15, 0.2) is 0 Å². The number of rotatable bonds is 7. The van der Waals surface area contributed by atoms with Gasteiger partial charge < -0.3 is 21.9 Å². The molecule has 0 spiro atoms. The molecular formula is C20H40F6N2O7S2Si. The van der Waals surface area contributed by atoms with Crippen LogP contribution in [-0.2, 0) is 33.3 Å². The first-order valence-electron chi connectivity index (χ1n) is 11.5. The predicted molar refractivity (Wildman–Crippen MR) is 132 cm³/mol. The van der Waals surface area contributed by atoms with Crippen molar-refractivity contribution in [1.29, 1.82) is 0 Å². The minimum absolute atomic E-state index is 0.290. The molecule has 0 aromatic heterocycles. The summed E-state index contributed by atoms with van der Waals surface area (Å²) in [6.45, 7) is 21.2. The number of halogens is 6. The Morgan fingerprint density at radius 1 is 0.658 bits per heavy atom. The van der Waals surface area contributed by atoms with E-state index in [4.69, 9.17) is 13.3 Å². The smallest absolute Gasteiger partial charge is 0.421 e. The maximum Gasteiger partial charge on any atom is 0.560 e. The van der Waals surface area contributed by atoms with Gasteiger partial charge in [-0.25, -0.2) is 16.8 Å². The van der Waals surface area contributed by atoms with Crippen LogP contribution < -0.4 is 0 Å². The summed E-state index contributed by atoms with van der Waals surface area (Å²) in [5.74, 6) is 0. The summed E-state index contributed by atoms with van der Waals surface area (Å²) in [5.41, 5.74) is -13.3. The van der Waals surface area contributed by atoms with Crippen LogP contribution in [0.4, 0.5) is 26.3 Å². The van der Waals surface area contributed by atoms with Gasteiger partial charge in [0, 0.05) is 12.8 Å². The highest BCUT2D eigenvalue weighted by Crippen LogP contribution is 2.36. The van der Waals surface area contributed by atoms with Crippen molar-refractivity contribution in [3.05, 3.63) is 4.13 Å². The molecule has 0 amide bonds. The topological polar surface area (TPSA) is 110 Å². The third-order valence-corrected chi connectivity index (χ3v) is 11.0. The highest BCUT2D eigenvalue weighted by atomic mass is 32.3. The number of likely N-dealkylation sites (tertiary alicyclic amines) is 1. The molecule has 0 aromatic rings. The lowest BCUT2D eigenvalue weighted by Crippen LogP contribution is -2.66. The maximum absolute atomic E-state index is 11.4. The third-order valence-electron chi connectivity index (χ3n) is 4.39. The van der Waals surface area contributed by atoms with E-state index in [1.54, 1.807) is 0 Å². The fourth-order valence-corrected chi connectivity index (χ4v) is 9.58. The van der Waals surface area contributed by atoms with Crippen LogP contribution in [0, 0.1) is 0 Å². The number of hydrogen-bond acceptors (Lipinski definition) is 7. The molecule has 38 heavy (non-hydrogen) atoms. The minimum atomic E-state index is -6.72. The lowest BCUT2D eigenvalue weighted by molar-refractivity contribution is -0.890. The first-order valence-corrected chi connectivity index (χ1v) is 16.4. The zero-order valence-electron chi connectivity index (χ0n) is 23.4. The van der Waals surface area contributed by atoms with E-state index < -0.39 is 39.9 Å². The monoisotopic (exact) mass is 626 g/mol. The van der Waals surface area contributed by atoms with Crippen LogP contribution in [0.2, 0.25) is 0 Å². The van der Waals surface area contributed by atoms with Crippen molar-refractivity contribution in [2.45, 2.75) is 103 Å². The molecule has 0 aromatic carbocycles. The van der Waals surface area contributed by atoms with Crippen LogP contribution in [0.5, 0.6) is 0 Å². The Kier molecular flexibility index (Phi) is 11.6. The highest BCUT2D eigenvalue weighted by Gasteiger charge is 2.56. The Balaban J connectivity index is 0.000000793. The average Bonchev–Trinajstić information content (AvgIpc) is 2.92. The van der Waals surface area contributed by atoms with Crippen molar-refractivity contribution in [3.63, 3.8) is 0 Å². The van der Waals surface area contributed by atoms with Gasteiger partial charge in [0.2, 0.25) is 0 Å². The van der Waals surface area contributed by atoms with E-state index in [0.29, 0.717) is 0 Å². The van der Waals surface area contributed by atoms with Crippen molar-refractivity contribution in [1.82, 2.24) is 0 Å². The van der Waals surface area contributed by atoms with E-state index in [9.17, 15) is 43.2 Å². The van der Waals surface area contributed by atoms with Crippen LogP contribution in [0.3, 0.4) is 0 Å². The molecule has 0 unspecified atom stereocenters. The minimum Gasteiger partial charge on any atom is -0.421 e.